The molecule has 0 aromatic heterocycles. The summed E-state index contributed by atoms with van der Waals surface area (Å²) in [6.07, 6.45) is 1.45. The predicted octanol–water partition coefficient (Wildman–Crippen LogP) is 3.81. The average molecular weight is 910 g/mol. The van der Waals surface area contributed by atoms with E-state index in [0.29, 0.717) is 0 Å². The Balaban J connectivity index is -0.000000140. The van der Waals surface area contributed by atoms with E-state index >= 15 is 0 Å². The molecular weight excluding hydrogens is 874 g/mol. The van der Waals surface area contributed by atoms with Crippen molar-refractivity contribution in [1.29, 1.82) is 0 Å². The summed E-state index contributed by atoms with van der Waals surface area (Å²) in [6.45, 7) is 9.76. The number of carboxylic acid groups (broad SMARTS) is 6. The van der Waals surface area contributed by atoms with Gasteiger partial charge in [0.1, 0.15) is 0 Å². The first-order valence-corrected chi connectivity index (χ1v) is 11.2. The third-order valence-electron chi connectivity index (χ3n) is 4.76. The van der Waals surface area contributed by atoms with Gasteiger partial charge in [0, 0.05) is 78.2 Å². The smallest absolute Gasteiger partial charge is 0.332 e. The Kier molecular flexibility index (Phi) is 29.7. The molecule has 0 aromatic carbocycles. The van der Waals surface area contributed by atoms with E-state index in [1.54, 1.807) is 41.5 Å². The van der Waals surface area contributed by atoms with Crippen molar-refractivity contribution in [1.82, 2.24) is 0 Å². The summed E-state index contributed by atoms with van der Waals surface area (Å²) in [5, 5.41) is 51.6. The molecule has 0 aliphatic heterocycles. The number of hydrogen-bond acceptors (Lipinski definition) is 6. The van der Waals surface area contributed by atoms with E-state index in [2.05, 4.69) is 0 Å². The third kappa shape index (κ3) is 17.1. The molecule has 0 aliphatic carbocycles. The van der Waals surface area contributed by atoms with Gasteiger partial charge in [0.2, 0.25) is 0 Å². The molecule has 0 aliphatic rings. The molecule has 38 heavy (non-hydrogen) atoms. The van der Waals surface area contributed by atoms with E-state index in [4.69, 9.17) is 30.6 Å². The molecule has 0 unspecified atom stereocenters. The van der Waals surface area contributed by atoms with Crippen LogP contribution >= 0.6 is 0 Å². The maximum Gasteiger partial charge on any atom is 0.332 e. The van der Waals surface area contributed by atoms with Crippen LogP contribution in [-0.4, -0.2) is 66.5 Å². The van der Waals surface area contributed by atoms with Crippen LogP contribution in [0.25, 0.3) is 0 Å². The Morgan fingerprint density at radius 2 is 0.395 bits per heavy atom. The Hall–Kier alpha value is -2.48. The molecule has 12 nitrogen and oxygen atoms in total. The molecule has 0 saturated carbocycles. The molecule has 226 valence electrons. The Bertz CT molecular complexity index is 740. The summed E-state index contributed by atoms with van der Waals surface area (Å²) in [7, 11) is 0. The SMILES string of the molecule is CC/C(C(=O)O)=C(/CC)C(=O)O.CC/C(C(=O)O)=C(/CC)C(=O)O.CC/C(C(=O)O)=C(/CC)C(=O)O.[Au].[Au]. The zero-order valence-corrected chi connectivity index (χ0v) is 26.3. The monoisotopic (exact) mass is 910 g/mol. The van der Waals surface area contributed by atoms with E-state index in [0.717, 1.165) is 0 Å². The van der Waals surface area contributed by atoms with Crippen LogP contribution in [0.3, 0.4) is 0 Å². The summed E-state index contributed by atoms with van der Waals surface area (Å²) in [6, 6.07) is 0. The number of carboxylic acids is 6. The number of aliphatic carboxylic acids is 6. The molecule has 14 heteroatoms. The molecular formula is C24H36Au2O12. The van der Waals surface area contributed by atoms with Crippen LogP contribution < -0.4 is 0 Å². The van der Waals surface area contributed by atoms with E-state index in [1.165, 1.54) is 0 Å². The topological polar surface area (TPSA) is 224 Å². The van der Waals surface area contributed by atoms with Crippen molar-refractivity contribution in [3.63, 3.8) is 0 Å². The van der Waals surface area contributed by atoms with Crippen LogP contribution in [0, 0.1) is 0 Å². The number of rotatable bonds is 12. The van der Waals surface area contributed by atoms with Crippen LogP contribution in [-0.2, 0) is 73.5 Å². The predicted molar refractivity (Wildman–Crippen MR) is 129 cm³/mol. The van der Waals surface area contributed by atoms with Crippen molar-refractivity contribution in [3.8, 4) is 0 Å². The van der Waals surface area contributed by atoms with Gasteiger partial charge in [-0.3, -0.25) is 0 Å². The van der Waals surface area contributed by atoms with Gasteiger partial charge < -0.3 is 30.6 Å². The molecule has 0 spiro atoms. The number of carbonyl (C=O) groups is 6. The molecule has 0 aromatic rings. The fourth-order valence-electron chi connectivity index (χ4n) is 2.96. The van der Waals surface area contributed by atoms with Gasteiger partial charge in [-0.15, -0.1) is 0 Å². The van der Waals surface area contributed by atoms with Gasteiger partial charge in [-0.05, 0) is 38.5 Å². The fourth-order valence-corrected chi connectivity index (χ4v) is 2.96. The molecule has 0 heterocycles. The van der Waals surface area contributed by atoms with Crippen molar-refractivity contribution >= 4 is 35.8 Å². The van der Waals surface area contributed by atoms with Crippen molar-refractivity contribution in [2.75, 3.05) is 0 Å². The van der Waals surface area contributed by atoms with Crippen molar-refractivity contribution in [3.05, 3.63) is 33.4 Å². The second kappa shape index (κ2) is 24.8. The maximum atomic E-state index is 10.5. The van der Waals surface area contributed by atoms with E-state index < -0.39 is 35.8 Å². The summed E-state index contributed by atoms with van der Waals surface area (Å²) in [5.74, 6) is -6.85. The first-order valence-electron chi connectivity index (χ1n) is 11.2. The average Bonchev–Trinajstić information content (AvgIpc) is 2.78. The minimum Gasteiger partial charge on any atom is -0.478 e. The Labute approximate surface area is 252 Å². The molecule has 0 saturated heterocycles. The zero-order valence-electron chi connectivity index (χ0n) is 22.0. The molecule has 0 rings (SSSR count). The zero-order chi connectivity index (χ0) is 29.2. The van der Waals surface area contributed by atoms with Crippen LogP contribution in [0.4, 0.5) is 0 Å². The van der Waals surface area contributed by atoms with E-state index in [-0.39, 0.29) is 117 Å². The van der Waals surface area contributed by atoms with Gasteiger partial charge in [-0.1, -0.05) is 41.5 Å². The van der Waals surface area contributed by atoms with Crippen molar-refractivity contribution in [2.45, 2.75) is 80.1 Å². The molecule has 0 atom stereocenters. The second-order valence-electron chi connectivity index (χ2n) is 6.82. The van der Waals surface area contributed by atoms with Crippen LogP contribution in [0.15, 0.2) is 33.4 Å². The summed E-state index contributed by atoms with van der Waals surface area (Å²) >= 11 is 0. The van der Waals surface area contributed by atoms with Crippen molar-refractivity contribution < 1.29 is 104 Å². The van der Waals surface area contributed by atoms with E-state index in [1.807, 2.05) is 0 Å². The molecule has 6 N–H and O–H groups in total. The summed E-state index contributed by atoms with van der Waals surface area (Å²) in [5.41, 5.74) is -0.0556. The largest absolute Gasteiger partial charge is 0.478 e. The van der Waals surface area contributed by atoms with Gasteiger partial charge in [-0.25, -0.2) is 28.8 Å². The molecule has 2 radical (unpaired) electrons. The summed E-state index contributed by atoms with van der Waals surface area (Å²) in [4.78, 5) is 63.1. The quantitative estimate of drug-likeness (QED) is 0.122. The molecule has 0 bridgehead atoms. The van der Waals surface area contributed by atoms with Gasteiger partial charge in [-0.2, -0.15) is 0 Å². The molecule has 0 fully saturated rings. The Morgan fingerprint density at radius 1 is 0.316 bits per heavy atom. The minimum atomic E-state index is -1.14. The van der Waals surface area contributed by atoms with Gasteiger partial charge >= 0.3 is 35.8 Å². The van der Waals surface area contributed by atoms with Gasteiger partial charge in [0.15, 0.2) is 0 Å². The Morgan fingerprint density at radius 3 is 0.421 bits per heavy atom. The van der Waals surface area contributed by atoms with Gasteiger partial charge in [0.05, 0.1) is 0 Å². The normalized spacial score (nSPS) is 11.5. The van der Waals surface area contributed by atoms with Gasteiger partial charge in [0.25, 0.3) is 0 Å². The maximum absolute atomic E-state index is 10.5. The number of hydrogen-bond donors (Lipinski definition) is 6. The van der Waals surface area contributed by atoms with E-state index in [9.17, 15) is 28.8 Å². The standard InChI is InChI=1S/3C8H12O4.2Au/c3*1-3-5(7(9)10)6(4-2)8(11)12;;/h3*3-4H2,1-2H3,(H,9,10)(H,11,12);;/b3*6-5+;;. The first kappa shape index (κ1) is 45.4. The fraction of sp³-hybridized carbons (Fsp3) is 0.500. The second-order valence-corrected chi connectivity index (χ2v) is 6.82. The minimum absolute atomic E-state index is 0. The molecule has 0 amide bonds. The third-order valence-corrected chi connectivity index (χ3v) is 4.76. The van der Waals surface area contributed by atoms with Crippen LogP contribution in [0.5, 0.6) is 0 Å². The van der Waals surface area contributed by atoms with Crippen LogP contribution in [0.2, 0.25) is 0 Å². The van der Waals surface area contributed by atoms with Crippen LogP contribution in [0.1, 0.15) is 80.1 Å². The van der Waals surface area contributed by atoms with Crippen molar-refractivity contribution in [2.24, 2.45) is 0 Å². The summed E-state index contributed by atoms with van der Waals surface area (Å²) < 4.78 is 0. The first-order chi connectivity index (χ1) is 16.6.